The average molecular weight is 294 g/mol. The van der Waals surface area contributed by atoms with E-state index in [1.165, 1.54) is 0 Å². The number of hydrogen-bond donors (Lipinski definition) is 2. The maximum Gasteiger partial charge on any atom is 0.308 e. The Kier molecular flexibility index (Phi) is 4.32. The van der Waals surface area contributed by atoms with Crippen LogP contribution < -0.4 is 5.32 Å². The molecule has 0 spiro atoms. The molecular formula is C14H22N4O3. The van der Waals surface area contributed by atoms with E-state index >= 15 is 0 Å². The number of amides is 1. The number of anilines is 1. The van der Waals surface area contributed by atoms with Crippen molar-refractivity contribution in [3.63, 3.8) is 0 Å². The van der Waals surface area contributed by atoms with Gasteiger partial charge < -0.3 is 10.4 Å². The highest BCUT2D eigenvalue weighted by Gasteiger charge is 2.36. The maximum atomic E-state index is 12.2. The lowest BCUT2D eigenvalue weighted by atomic mass is 10.0. The number of aliphatic carboxylic acids is 1. The van der Waals surface area contributed by atoms with Gasteiger partial charge in [-0.25, -0.2) is 0 Å². The number of nitrogens with one attached hydrogen (secondary N) is 1. The molecule has 116 valence electrons. The molecule has 0 aromatic carbocycles. The van der Waals surface area contributed by atoms with Crippen molar-refractivity contribution in [3.8, 4) is 0 Å². The van der Waals surface area contributed by atoms with Gasteiger partial charge >= 0.3 is 5.97 Å². The third kappa shape index (κ3) is 3.07. The van der Waals surface area contributed by atoms with Gasteiger partial charge in [-0.2, -0.15) is 5.10 Å². The van der Waals surface area contributed by atoms with Gasteiger partial charge in [-0.15, -0.1) is 0 Å². The predicted molar refractivity (Wildman–Crippen MR) is 78.1 cm³/mol. The Hall–Kier alpha value is -1.89. The molecule has 7 nitrogen and oxygen atoms in total. The van der Waals surface area contributed by atoms with Crippen molar-refractivity contribution in [1.82, 2.24) is 14.7 Å². The Balaban J connectivity index is 1.98. The van der Waals surface area contributed by atoms with E-state index < -0.39 is 5.97 Å². The fourth-order valence-corrected chi connectivity index (χ4v) is 2.88. The summed E-state index contributed by atoms with van der Waals surface area (Å²) in [5, 5.41) is 16.2. The lowest BCUT2D eigenvalue weighted by Gasteiger charge is -2.22. The highest BCUT2D eigenvalue weighted by molar-refractivity contribution is 5.93. The molecular weight excluding hydrogens is 272 g/mol. The molecule has 1 aliphatic heterocycles. The van der Waals surface area contributed by atoms with Crippen molar-refractivity contribution < 1.29 is 14.7 Å². The minimum Gasteiger partial charge on any atom is -0.481 e. The predicted octanol–water partition coefficient (Wildman–Crippen LogP) is 0.770. The quantitative estimate of drug-likeness (QED) is 0.856. The average Bonchev–Trinajstić information content (AvgIpc) is 2.86. The molecule has 2 heterocycles. The fraction of sp³-hybridized carbons (Fsp3) is 0.643. The van der Waals surface area contributed by atoms with Crippen LogP contribution in [0.1, 0.15) is 24.7 Å². The van der Waals surface area contributed by atoms with Crippen LogP contribution in [0.5, 0.6) is 0 Å². The number of hydrogen-bond acceptors (Lipinski definition) is 4. The lowest BCUT2D eigenvalue weighted by Crippen LogP contribution is -2.38. The molecule has 0 radical (unpaired) electrons. The molecule has 1 saturated heterocycles. The molecule has 2 unspecified atom stereocenters. The minimum absolute atomic E-state index is 0.121. The number of likely N-dealkylation sites (tertiary alicyclic amines) is 1. The van der Waals surface area contributed by atoms with E-state index in [0.717, 1.165) is 17.1 Å². The van der Waals surface area contributed by atoms with Gasteiger partial charge in [0.15, 0.2) is 0 Å². The van der Waals surface area contributed by atoms with Gasteiger partial charge in [0.1, 0.15) is 0 Å². The standard InChI is InChI=1S/C14H22N4O3/c1-8-13(10(3)17(4)16-8)15-12(19)7-18-6-5-11(9(18)2)14(20)21/h9,11H,5-7H2,1-4H3,(H,15,19)(H,20,21). The molecule has 2 rings (SSSR count). The van der Waals surface area contributed by atoms with Gasteiger partial charge in [-0.3, -0.25) is 19.2 Å². The first-order valence-corrected chi connectivity index (χ1v) is 7.08. The van der Waals surface area contributed by atoms with E-state index in [0.29, 0.717) is 13.0 Å². The molecule has 0 aliphatic carbocycles. The second-order valence-electron chi connectivity index (χ2n) is 5.66. The molecule has 1 aliphatic rings. The fourth-order valence-electron chi connectivity index (χ4n) is 2.88. The molecule has 1 fully saturated rings. The number of carbonyl (C=O) groups excluding carboxylic acids is 1. The Bertz CT molecular complexity index is 567. The van der Waals surface area contributed by atoms with E-state index in [2.05, 4.69) is 10.4 Å². The third-order valence-corrected chi connectivity index (χ3v) is 4.32. The highest BCUT2D eigenvalue weighted by atomic mass is 16.4. The Morgan fingerprint density at radius 3 is 2.57 bits per heavy atom. The van der Waals surface area contributed by atoms with Gasteiger partial charge in [0.05, 0.1) is 29.5 Å². The molecule has 2 N–H and O–H groups in total. The first kappa shape index (κ1) is 15.5. The maximum absolute atomic E-state index is 12.2. The molecule has 21 heavy (non-hydrogen) atoms. The first-order chi connectivity index (χ1) is 9.81. The number of rotatable bonds is 4. The van der Waals surface area contributed by atoms with E-state index in [4.69, 9.17) is 5.11 Å². The van der Waals surface area contributed by atoms with E-state index in [9.17, 15) is 9.59 Å². The zero-order valence-corrected chi connectivity index (χ0v) is 12.9. The van der Waals surface area contributed by atoms with E-state index in [-0.39, 0.29) is 24.4 Å². The van der Waals surface area contributed by atoms with Crippen LogP contribution in [0.3, 0.4) is 0 Å². The zero-order valence-electron chi connectivity index (χ0n) is 12.9. The van der Waals surface area contributed by atoms with Crippen LogP contribution in [-0.4, -0.2) is 50.8 Å². The van der Waals surface area contributed by atoms with E-state index in [1.807, 2.05) is 32.7 Å². The van der Waals surface area contributed by atoms with Gasteiger partial charge in [0, 0.05) is 13.1 Å². The van der Waals surface area contributed by atoms with Gasteiger partial charge in [0.2, 0.25) is 5.91 Å². The summed E-state index contributed by atoms with van der Waals surface area (Å²) in [7, 11) is 1.83. The Labute approximate surface area is 123 Å². The van der Waals surface area contributed by atoms with Crippen molar-refractivity contribution >= 4 is 17.6 Å². The van der Waals surface area contributed by atoms with Crippen LogP contribution in [0.4, 0.5) is 5.69 Å². The largest absolute Gasteiger partial charge is 0.481 e. The topological polar surface area (TPSA) is 87.5 Å². The number of carbonyl (C=O) groups is 2. The molecule has 1 aromatic rings. The molecule has 0 bridgehead atoms. The second-order valence-corrected chi connectivity index (χ2v) is 5.66. The summed E-state index contributed by atoms with van der Waals surface area (Å²) in [5.74, 6) is -1.31. The lowest BCUT2D eigenvalue weighted by molar-refractivity contribution is -0.142. The monoisotopic (exact) mass is 294 g/mol. The van der Waals surface area contributed by atoms with Gasteiger partial charge in [0.25, 0.3) is 0 Å². The SMILES string of the molecule is Cc1nn(C)c(C)c1NC(=O)CN1CCC(C(=O)O)C1C. The smallest absolute Gasteiger partial charge is 0.308 e. The number of carboxylic acid groups (broad SMARTS) is 1. The van der Waals surface area contributed by atoms with Crippen molar-refractivity contribution in [2.45, 2.75) is 33.2 Å². The summed E-state index contributed by atoms with van der Waals surface area (Å²) in [6.07, 6.45) is 0.592. The number of carboxylic acids is 1. The van der Waals surface area contributed by atoms with Crippen LogP contribution in [0.25, 0.3) is 0 Å². The molecule has 0 saturated carbocycles. The zero-order chi connectivity index (χ0) is 15.7. The third-order valence-electron chi connectivity index (χ3n) is 4.32. The summed E-state index contributed by atoms with van der Waals surface area (Å²) in [6.45, 7) is 6.45. The normalized spacial score (nSPS) is 22.5. The Morgan fingerprint density at radius 2 is 2.10 bits per heavy atom. The van der Waals surface area contributed by atoms with E-state index in [1.54, 1.807) is 4.68 Å². The Morgan fingerprint density at radius 1 is 1.43 bits per heavy atom. The number of aryl methyl sites for hydroxylation is 2. The van der Waals surface area contributed by atoms with Gasteiger partial charge in [-0.1, -0.05) is 0 Å². The number of nitrogens with zero attached hydrogens (tertiary/aromatic N) is 3. The summed E-state index contributed by atoms with van der Waals surface area (Å²) in [6, 6.07) is -0.121. The summed E-state index contributed by atoms with van der Waals surface area (Å²) in [4.78, 5) is 25.2. The van der Waals surface area contributed by atoms with Crippen LogP contribution in [0.15, 0.2) is 0 Å². The molecule has 7 heteroatoms. The number of aromatic nitrogens is 2. The summed E-state index contributed by atoms with van der Waals surface area (Å²) >= 11 is 0. The van der Waals surface area contributed by atoms with Crippen LogP contribution in [-0.2, 0) is 16.6 Å². The molecule has 2 atom stereocenters. The molecule has 1 aromatic heterocycles. The van der Waals surface area contributed by atoms with Crippen molar-refractivity contribution in [1.29, 1.82) is 0 Å². The van der Waals surface area contributed by atoms with Crippen molar-refractivity contribution in [2.75, 3.05) is 18.4 Å². The highest BCUT2D eigenvalue weighted by Crippen LogP contribution is 2.24. The first-order valence-electron chi connectivity index (χ1n) is 7.08. The van der Waals surface area contributed by atoms with Crippen molar-refractivity contribution in [2.24, 2.45) is 13.0 Å². The van der Waals surface area contributed by atoms with Crippen LogP contribution in [0.2, 0.25) is 0 Å². The summed E-state index contributed by atoms with van der Waals surface area (Å²) in [5.41, 5.74) is 2.42. The van der Waals surface area contributed by atoms with Gasteiger partial charge in [-0.05, 0) is 33.7 Å². The van der Waals surface area contributed by atoms with Crippen molar-refractivity contribution in [3.05, 3.63) is 11.4 Å². The van der Waals surface area contributed by atoms with Crippen LogP contribution >= 0.6 is 0 Å². The summed E-state index contributed by atoms with van der Waals surface area (Å²) < 4.78 is 1.73. The molecule has 1 amide bonds. The van der Waals surface area contributed by atoms with Crippen LogP contribution in [0, 0.1) is 19.8 Å². The minimum atomic E-state index is -0.788. The second kappa shape index (κ2) is 5.85.